The fourth-order valence-corrected chi connectivity index (χ4v) is 3.70. The SMILES string of the molecule is Cn1cc(NS(=O)(=O)c2ccc(CO)cc2Br)cn1. The van der Waals surface area contributed by atoms with Gasteiger partial charge in [0.05, 0.1) is 18.5 Å². The van der Waals surface area contributed by atoms with Crippen molar-refractivity contribution in [2.45, 2.75) is 11.5 Å². The highest BCUT2D eigenvalue weighted by Crippen LogP contribution is 2.25. The topological polar surface area (TPSA) is 84.2 Å². The van der Waals surface area contributed by atoms with E-state index in [0.29, 0.717) is 15.7 Å². The van der Waals surface area contributed by atoms with Gasteiger partial charge in [0.15, 0.2) is 0 Å². The molecule has 6 nitrogen and oxygen atoms in total. The van der Waals surface area contributed by atoms with E-state index in [1.165, 1.54) is 16.9 Å². The van der Waals surface area contributed by atoms with Crippen LogP contribution in [0.5, 0.6) is 0 Å². The number of nitrogens with zero attached hydrogens (tertiary/aromatic N) is 2. The first-order chi connectivity index (χ1) is 8.92. The molecule has 0 aliphatic rings. The van der Waals surface area contributed by atoms with E-state index < -0.39 is 10.0 Å². The standard InChI is InChI=1S/C11H12BrN3O3S/c1-15-6-9(5-13-15)14-19(17,18)11-3-2-8(7-16)4-10(11)12/h2-6,14,16H,7H2,1H3. The van der Waals surface area contributed by atoms with Crippen LogP contribution >= 0.6 is 15.9 Å². The molecule has 19 heavy (non-hydrogen) atoms. The number of aryl methyl sites for hydroxylation is 1. The van der Waals surface area contributed by atoms with E-state index in [2.05, 4.69) is 25.8 Å². The van der Waals surface area contributed by atoms with Gasteiger partial charge in [0.25, 0.3) is 10.0 Å². The number of rotatable bonds is 4. The summed E-state index contributed by atoms with van der Waals surface area (Å²) in [5, 5.41) is 12.9. The van der Waals surface area contributed by atoms with Crippen LogP contribution < -0.4 is 4.72 Å². The Bertz CT molecular complexity index is 697. The van der Waals surface area contributed by atoms with Gasteiger partial charge in [-0.1, -0.05) is 6.07 Å². The second kappa shape index (κ2) is 5.32. The summed E-state index contributed by atoms with van der Waals surface area (Å²) >= 11 is 3.19. The Hall–Kier alpha value is -1.38. The minimum atomic E-state index is -3.69. The first kappa shape index (κ1) is 14.0. The Morgan fingerprint density at radius 2 is 2.21 bits per heavy atom. The minimum Gasteiger partial charge on any atom is -0.392 e. The van der Waals surface area contributed by atoms with E-state index in [9.17, 15) is 8.42 Å². The molecular weight excluding hydrogens is 334 g/mol. The van der Waals surface area contributed by atoms with Crippen molar-refractivity contribution in [2.75, 3.05) is 4.72 Å². The van der Waals surface area contributed by atoms with Gasteiger partial charge >= 0.3 is 0 Å². The highest BCUT2D eigenvalue weighted by atomic mass is 79.9. The van der Waals surface area contributed by atoms with Gasteiger partial charge in [0, 0.05) is 17.7 Å². The van der Waals surface area contributed by atoms with Crippen molar-refractivity contribution in [1.82, 2.24) is 9.78 Å². The number of hydrogen-bond donors (Lipinski definition) is 2. The molecule has 0 bridgehead atoms. The zero-order chi connectivity index (χ0) is 14.0. The molecule has 2 N–H and O–H groups in total. The third-order valence-electron chi connectivity index (χ3n) is 2.43. The molecule has 0 radical (unpaired) electrons. The van der Waals surface area contributed by atoms with Crippen molar-refractivity contribution < 1.29 is 13.5 Å². The zero-order valence-electron chi connectivity index (χ0n) is 10.0. The normalized spacial score (nSPS) is 11.5. The Balaban J connectivity index is 2.34. The Kier molecular flexibility index (Phi) is 3.93. The summed E-state index contributed by atoms with van der Waals surface area (Å²) in [5.74, 6) is 0. The predicted octanol–water partition coefficient (Wildman–Crippen LogP) is 1.48. The minimum absolute atomic E-state index is 0.105. The molecule has 0 atom stereocenters. The number of halogens is 1. The van der Waals surface area contributed by atoms with Crippen molar-refractivity contribution in [1.29, 1.82) is 0 Å². The molecule has 102 valence electrons. The molecule has 0 fully saturated rings. The van der Waals surface area contributed by atoms with Crippen molar-refractivity contribution in [3.05, 3.63) is 40.6 Å². The maximum Gasteiger partial charge on any atom is 0.263 e. The maximum atomic E-state index is 12.2. The Morgan fingerprint density at radius 3 is 2.74 bits per heavy atom. The highest BCUT2D eigenvalue weighted by molar-refractivity contribution is 9.10. The first-order valence-electron chi connectivity index (χ1n) is 5.33. The maximum absolute atomic E-state index is 12.2. The molecule has 0 unspecified atom stereocenters. The molecule has 0 saturated heterocycles. The summed E-state index contributed by atoms with van der Waals surface area (Å²) < 4.78 is 28.7. The third kappa shape index (κ3) is 3.14. The van der Waals surface area contributed by atoms with Crippen LogP contribution in [0.3, 0.4) is 0 Å². The predicted molar refractivity (Wildman–Crippen MR) is 74.1 cm³/mol. The summed E-state index contributed by atoms with van der Waals surface area (Å²) in [4.78, 5) is 0.105. The summed E-state index contributed by atoms with van der Waals surface area (Å²) in [6.07, 6.45) is 2.99. The van der Waals surface area contributed by atoms with Gasteiger partial charge < -0.3 is 5.11 Å². The van der Waals surface area contributed by atoms with Crippen LogP contribution in [0.4, 0.5) is 5.69 Å². The lowest BCUT2D eigenvalue weighted by molar-refractivity contribution is 0.281. The van der Waals surface area contributed by atoms with Crippen molar-refractivity contribution in [3.8, 4) is 0 Å². The van der Waals surface area contributed by atoms with E-state index in [1.807, 2.05) is 0 Å². The molecule has 0 spiro atoms. The monoisotopic (exact) mass is 345 g/mol. The van der Waals surface area contributed by atoms with Gasteiger partial charge in [-0.3, -0.25) is 9.40 Å². The van der Waals surface area contributed by atoms with Gasteiger partial charge in [-0.25, -0.2) is 8.42 Å². The fourth-order valence-electron chi connectivity index (χ4n) is 1.54. The molecule has 0 amide bonds. The molecule has 8 heteroatoms. The summed E-state index contributed by atoms with van der Waals surface area (Å²) in [6, 6.07) is 4.56. The smallest absolute Gasteiger partial charge is 0.263 e. The molecule has 0 aliphatic heterocycles. The summed E-state index contributed by atoms with van der Waals surface area (Å²) in [6.45, 7) is -0.144. The number of aromatic nitrogens is 2. The molecule has 1 heterocycles. The van der Waals surface area contributed by atoms with E-state index in [4.69, 9.17) is 5.11 Å². The van der Waals surface area contributed by atoms with Crippen LogP contribution in [0.15, 0.2) is 40.0 Å². The van der Waals surface area contributed by atoms with Crippen LogP contribution in [-0.4, -0.2) is 23.3 Å². The summed E-state index contributed by atoms with van der Waals surface area (Å²) in [7, 11) is -1.99. The largest absolute Gasteiger partial charge is 0.392 e. The highest BCUT2D eigenvalue weighted by Gasteiger charge is 2.18. The van der Waals surface area contributed by atoms with E-state index in [0.717, 1.165) is 0 Å². The average Bonchev–Trinajstić information content (AvgIpc) is 2.73. The van der Waals surface area contributed by atoms with Crippen LogP contribution in [0.1, 0.15) is 5.56 Å². The quantitative estimate of drug-likeness (QED) is 0.878. The second-order valence-corrected chi connectivity index (χ2v) is 6.44. The van der Waals surface area contributed by atoms with E-state index in [-0.39, 0.29) is 11.5 Å². The number of aliphatic hydroxyl groups excluding tert-OH is 1. The van der Waals surface area contributed by atoms with E-state index in [1.54, 1.807) is 25.4 Å². The zero-order valence-corrected chi connectivity index (χ0v) is 12.4. The van der Waals surface area contributed by atoms with Crippen LogP contribution in [0.2, 0.25) is 0 Å². The third-order valence-corrected chi connectivity index (χ3v) is 4.78. The van der Waals surface area contributed by atoms with Crippen LogP contribution in [0, 0.1) is 0 Å². The molecule has 0 aliphatic carbocycles. The van der Waals surface area contributed by atoms with Gasteiger partial charge in [-0.2, -0.15) is 5.10 Å². The average molecular weight is 346 g/mol. The molecule has 1 aromatic carbocycles. The molecule has 2 aromatic rings. The second-order valence-electron chi connectivity index (χ2n) is 3.93. The summed E-state index contributed by atoms with van der Waals surface area (Å²) in [5.41, 5.74) is 1.02. The van der Waals surface area contributed by atoms with Crippen LogP contribution in [-0.2, 0) is 23.7 Å². The number of aliphatic hydroxyl groups is 1. The van der Waals surface area contributed by atoms with Gasteiger partial charge in [-0.15, -0.1) is 0 Å². The fraction of sp³-hybridized carbons (Fsp3) is 0.182. The Morgan fingerprint density at radius 1 is 1.47 bits per heavy atom. The first-order valence-corrected chi connectivity index (χ1v) is 7.61. The van der Waals surface area contributed by atoms with Crippen LogP contribution in [0.25, 0.3) is 0 Å². The van der Waals surface area contributed by atoms with Gasteiger partial charge in [0.2, 0.25) is 0 Å². The Labute approximate surface area is 119 Å². The van der Waals surface area contributed by atoms with Crippen molar-refractivity contribution in [2.24, 2.45) is 7.05 Å². The lowest BCUT2D eigenvalue weighted by Gasteiger charge is -2.08. The molecule has 2 rings (SSSR count). The van der Waals surface area contributed by atoms with E-state index >= 15 is 0 Å². The molecule has 1 aromatic heterocycles. The lowest BCUT2D eigenvalue weighted by Crippen LogP contribution is -2.13. The number of sulfonamides is 1. The number of anilines is 1. The number of benzene rings is 1. The number of nitrogens with one attached hydrogen (secondary N) is 1. The van der Waals surface area contributed by atoms with Crippen molar-refractivity contribution >= 4 is 31.6 Å². The lowest BCUT2D eigenvalue weighted by atomic mass is 10.2. The molecular formula is C11H12BrN3O3S. The number of hydrogen-bond acceptors (Lipinski definition) is 4. The molecule has 0 saturated carbocycles. The van der Waals surface area contributed by atoms with Crippen molar-refractivity contribution in [3.63, 3.8) is 0 Å². The van der Waals surface area contributed by atoms with Gasteiger partial charge in [0.1, 0.15) is 4.90 Å². The van der Waals surface area contributed by atoms with Gasteiger partial charge in [-0.05, 0) is 33.6 Å².